The highest BCUT2D eigenvalue weighted by Crippen LogP contribution is 2.22. The summed E-state index contributed by atoms with van der Waals surface area (Å²) >= 11 is 0. The molecular weight excluding hydrogens is 188 g/mol. The van der Waals surface area contributed by atoms with Crippen molar-refractivity contribution in [2.75, 3.05) is 19.6 Å². The summed E-state index contributed by atoms with van der Waals surface area (Å²) in [6.45, 7) is 4.33. The molecule has 1 atom stereocenters. The molecule has 2 N–H and O–H groups in total. The number of rotatable bonds is 1. The molecule has 1 unspecified atom stereocenters. The average Bonchev–Trinajstić information content (AvgIpc) is 2.74. The normalized spacial score (nSPS) is 26.3. The van der Waals surface area contributed by atoms with Crippen LogP contribution in [0.5, 0.6) is 0 Å². The minimum Gasteiger partial charge on any atom is -0.330 e. The van der Waals surface area contributed by atoms with Gasteiger partial charge in [0.05, 0.1) is 12.0 Å². The smallest absolute Gasteiger partial charge is 0.0955 e. The molecule has 4 heteroatoms. The van der Waals surface area contributed by atoms with Gasteiger partial charge in [0.15, 0.2) is 0 Å². The number of aromatic nitrogens is 2. The van der Waals surface area contributed by atoms with Crippen molar-refractivity contribution in [2.24, 2.45) is 0 Å². The van der Waals surface area contributed by atoms with Crippen LogP contribution in [0.15, 0.2) is 6.33 Å². The molecule has 2 aliphatic heterocycles. The van der Waals surface area contributed by atoms with Crippen molar-refractivity contribution in [1.29, 1.82) is 0 Å². The summed E-state index contributed by atoms with van der Waals surface area (Å²) < 4.78 is 2.41. The molecule has 0 radical (unpaired) electrons. The molecule has 4 nitrogen and oxygen atoms in total. The first-order chi connectivity index (χ1) is 7.45. The second kappa shape index (κ2) is 3.94. The number of imidazole rings is 1. The van der Waals surface area contributed by atoms with Crippen molar-refractivity contribution in [3.8, 4) is 0 Å². The average molecular weight is 206 g/mol. The van der Waals surface area contributed by atoms with Crippen LogP contribution in [0.25, 0.3) is 0 Å². The molecule has 0 spiro atoms. The van der Waals surface area contributed by atoms with Gasteiger partial charge in [-0.15, -0.1) is 0 Å². The van der Waals surface area contributed by atoms with E-state index in [1.807, 2.05) is 6.33 Å². The highest BCUT2D eigenvalue weighted by Gasteiger charge is 2.21. The molecule has 1 saturated heterocycles. The summed E-state index contributed by atoms with van der Waals surface area (Å²) in [7, 11) is 0. The highest BCUT2D eigenvalue weighted by molar-refractivity contribution is 5.17. The van der Waals surface area contributed by atoms with Crippen molar-refractivity contribution in [2.45, 2.75) is 31.8 Å². The first kappa shape index (κ1) is 9.36. The molecule has 0 aliphatic carbocycles. The van der Waals surface area contributed by atoms with Gasteiger partial charge in [0.2, 0.25) is 0 Å². The minimum atomic E-state index is 0.632. The lowest BCUT2D eigenvalue weighted by molar-refractivity contribution is 0.362. The number of nitrogens with one attached hydrogen (secondary N) is 2. The van der Waals surface area contributed by atoms with E-state index in [2.05, 4.69) is 20.2 Å². The van der Waals surface area contributed by atoms with Gasteiger partial charge in [-0.25, -0.2) is 4.98 Å². The Kier molecular flexibility index (Phi) is 2.46. The van der Waals surface area contributed by atoms with Gasteiger partial charge in [-0.1, -0.05) is 0 Å². The zero-order chi connectivity index (χ0) is 10.1. The van der Waals surface area contributed by atoms with Crippen LogP contribution in [0.2, 0.25) is 0 Å². The molecule has 2 aliphatic rings. The lowest BCUT2D eigenvalue weighted by atomic mass is 10.1. The Balaban J connectivity index is 1.87. The Labute approximate surface area is 90.1 Å². The van der Waals surface area contributed by atoms with Crippen LogP contribution in [-0.4, -0.2) is 29.2 Å². The van der Waals surface area contributed by atoms with E-state index in [-0.39, 0.29) is 0 Å². The van der Waals surface area contributed by atoms with Gasteiger partial charge in [0.25, 0.3) is 0 Å². The van der Waals surface area contributed by atoms with E-state index >= 15 is 0 Å². The van der Waals surface area contributed by atoms with Crippen molar-refractivity contribution in [1.82, 2.24) is 20.2 Å². The molecule has 0 saturated carbocycles. The quantitative estimate of drug-likeness (QED) is 0.701. The predicted octanol–water partition coefficient (Wildman–Crippen LogP) is 0.453. The van der Waals surface area contributed by atoms with E-state index < -0.39 is 0 Å². The van der Waals surface area contributed by atoms with Gasteiger partial charge in [-0.3, -0.25) is 0 Å². The Morgan fingerprint density at radius 2 is 2.33 bits per heavy atom. The van der Waals surface area contributed by atoms with E-state index in [4.69, 9.17) is 0 Å². The summed E-state index contributed by atoms with van der Waals surface area (Å²) in [5.41, 5.74) is 2.72. The monoisotopic (exact) mass is 206 g/mol. The second-order valence-corrected chi connectivity index (χ2v) is 4.47. The van der Waals surface area contributed by atoms with Crippen molar-refractivity contribution < 1.29 is 0 Å². The molecule has 0 amide bonds. The van der Waals surface area contributed by atoms with Gasteiger partial charge in [0.1, 0.15) is 0 Å². The number of hydrogen-bond acceptors (Lipinski definition) is 3. The zero-order valence-electron chi connectivity index (χ0n) is 9.00. The van der Waals surface area contributed by atoms with Gasteiger partial charge < -0.3 is 15.2 Å². The van der Waals surface area contributed by atoms with Crippen LogP contribution in [0.3, 0.4) is 0 Å². The fourth-order valence-corrected chi connectivity index (χ4v) is 2.65. The molecule has 1 aromatic rings. The highest BCUT2D eigenvalue weighted by atomic mass is 15.1. The maximum absolute atomic E-state index is 4.50. The van der Waals surface area contributed by atoms with Gasteiger partial charge >= 0.3 is 0 Å². The molecule has 82 valence electrons. The largest absolute Gasteiger partial charge is 0.330 e. The molecule has 0 bridgehead atoms. The minimum absolute atomic E-state index is 0.632. The Morgan fingerprint density at radius 3 is 3.20 bits per heavy atom. The van der Waals surface area contributed by atoms with E-state index in [1.165, 1.54) is 30.8 Å². The summed E-state index contributed by atoms with van der Waals surface area (Å²) in [5.74, 6) is 0. The van der Waals surface area contributed by atoms with Gasteiger partial charge in [-0.2, -0.15) is 0 Å². The topological polar surface area (TPSA) is 41.9 Å². The van der Waals surface area contributed by atoms with E-state index in [9.17, 15) is 0 Å². The third-order valence-corrected chi connectivity index (χ3v) is 3.48. The van der Waals surface area contributed by atoms with Crippen molar-refractivity contribution >= 4 is 0 Å². The van der Waals surface area contributed by atoms with Gasteiger partial charge in [-0.05, 0) is 19.4 Å². The second-order valence-electron chi connectivity index (χ2n) is 4.47. The van der Waals surface area contributed by atoms with Crippen LogP contribution in [-0.2, 0) is 13.0 Å². The van der Waals surface area contributed by atoms with Crippen LogP contribution in [0.1, 0.15) is 30.3 Å². The molecule has 15 heavy (non-hydrogen) atoms. The summed E-state index contributed by atoms with van der Waals surface area (Å²) in [5, 5.41) is 6.83. The van der Waals surface area contributed by atoms with E-state index in [0.29, 0.717) is 6.04 Å². The zero-order valence-corrected chi connectivity index (χ0v) is 9.00. The van der Waals surface area contributed by atoms with E-state index in [0.717, 1.165) is 26.1 Å². The summed E-state index contributed by atoms with van der Waals surface area (Å²) in [4.78, 5) is 4.50. The number of fused-ring (bicyclic) bond motifs is 1. The standard InChI is InChI=1S/C11H18N4/c1-2-9(6-12-4-1)15-8-14-10-7-13-5-3-11(10)15/h8-9,12-13H,1-7H2. The first-order valence-corrected chi connectivity index (χ1v) is 5.91. The van der Waals surface area contributed by atoms with Crippen LogP contribution in [0.4, 0.5) is 0 Å². The Bertz CT molecular complexity index is 338. The first-order valence-electron chi connectivity index (χ1n) is 5.91. The van der Waals surface area contributed by atoms with Crippen LogP contribution < -0.4 is 10.6 Å². The van der Waals surface area contributed by atoms with Crippen LogP contribution >= 0.6 is 0 Å². The Morgan fingerprint density at radius 1 is 1.33 bits per heavy atom. The SMILES string of the molecule is c1nc2c(n1C1CCCNC1)CCNC2. The van der Waals surface area contributed by atoms with Crippen molar-refractivity contribution in [3.05, 3.63) is 17.7 Å². The predicted molar refractivity (Wildman–Crippen MR) is 58.8 cm³/mol. The summed E-state index contributed by atoms with van der Waals surface area (Å²) in [6, 6.07) is 0.632. The third-order valence-electron chi connectivity index (χ3n) is 3.48. The summed E-state index contributed by atoms with van der Waals surface area (Å²) in [6.07, 6.45) is 5.75. The fraction of sp³-hybridized carbons (Fsp3) is 0.727. The van der Waals surface area contributed by atoms with Crippen LogP contribution in [0, 0.1) is 0 Å². The Hall–Kier alpha value is -0.870. The molecule has 3 heterocycles. The number of nitrogens with zero attached hydrogens (tertiary/aromatic N) is 2. The number of piperidine rings is 1. The number of hydrogen-bond donors (Lipinski definition) is 2. The third kappa shape index (κ3) is 1.68. The van der Waals surface area contributed by atoms with Crippen molar-refractivity contribution in [3.63, 3.8) is 0 Å². The molecule has 1 fully saturated rings. The van der Waals surface area contributed by atoms with E-state index in [1.54, 1.807) is 0 Å². The maximum Gasteiger partial charge on any atom is 0.0955 e. The van der Waals surface area contributed by atoms with Gasteiger partial charge in [0, 0.05) is 37.8 Å². The molecule has 3 rings (SSSR count). The molecule has 1 aromatic heterocycles. The molecular formula is C11H18N4. The fourth-order valence-electron chi connectivity index (χ4n) is 2.65. The maximum atomic E-state index is 4.50. The lowest BCUT2D eigenvalue weighted by Gasteiger charge is -2.27. The molecule has 0 aromatic carbocycles. The lowest BCUT2D eigenvalue weighted by Crippen LogP contribution is -2.33.